The Kier molecular flexibility index (Phi) is 2.60. The van der Waals surface area contributed by atoms with Gasteiger partial charge in [0.15, 0.2) is 0 Å². The summed E-state index contributed by atoms with van der Waals surface area (Å²) >= 11 is 1.63. The zero-order valence-electron chi connectivity index (χ0n) is 8.65. The molecular weight excluding hydrogens is 208 g/mol. The fourth-order valence-electron chi connectivity index (χ4n) is 1.39. The lowest BCUT2D eigenvalue weighted by molar-refractivity contribution is 0.417. The number of ether oxygens (including phenoxy) is 1. The summed E-state index contributed by atoms with van der Waals surface area (Å²) in [6, 6.07) is 5.70. The Balaban J connectivity index is 2.42. The van der Waals surface area contributed by atoms with Gasteiger partial charge in [-0.05, 0) is 25.1 Å². The molecule has 0 fully saturated rings. The number of rotatable bonds is 2. The maximum Gasteiger partial charge on any atom is 0.141 e. The van der Waals surface area contributed by atoms with Gasteiger partial charge in [0, 0.05) is 10.9 Å². The Morgan fingerprint density at radius 1 is 1.40 bits per heavy atom. The van der Waals surface area contributed by atoms with Crippen molar-refractivity contribution in [2.24, 2.45) is 0 Å². The van der Waals surface area contributed by atoms with Gasteiger partial charge in [0.25, 0.3) is 0 Å². The molecule has 0 atom stereocenters. The fourth-order valence-corrected chi connectivity index (χ4v) is 2.01. The highest BCUT2D eigenvalue weighted by Crippen LogP contribution is 2.28. The van der Waals surface area contributed by atoms with Crippen LogP contribution in [0.5, 0.6) is 5.75 Å². The minimum atomic E-state index is 0.639. The molecule has 0 saturated carbocycles. The van der Waals surface area contributed by atoms with Gasteiger partial charge < -0.3 is 10.5 Å². The van der Waals surface area contributed by atoms with Gasteiger partial charge in [0.1, 0.15) is 5.75 Å². The highest BCUT2D eigenvalue weighted by atomic mass is 32.1. The summed E-state index contributed by atoms with van der Waals surface area (Å²) in [5.74, 6) is 0.700. The van der Waals surface area contributed by atoms with Crippen molar-refractivity contribution in [2.45, 2.75) is 6.92 Å². The number of aryl methyl sites for hydroxylation is 1. The third kappa shape index (κ3) is 1.94. The molecule has 1 aromatic carbocycles. The van der Waals surface area contributed by atoms with Crippen LogP contribution in [-0.4, -0.2) is 12.1 Å². The molecule has 15 heavy (non-hydrogen) atoms. The van der Waals surface area contributed by atoms with E-state index in [1.807, 2.05) is 30.5 Å². The maximum absolute atomic E-state index is 5.83. The smallest absolute Gasteiger partial charge is 0.141 e. The van der Waals surface area contributed by atoms with Gasteiger partial charge in [-0.1, -0.05) is 0 Å². The van der Waals surface area contributed by atoms with Crippen molar-refractivity contribution < 1.29 is 4.74 Å². The van der Waals surface area contributed by atoms with E-state index in [1.165, 1.54) is 0 Å². The van der Waals surface area contributed by atoms with Gasteiger partial charge >= 0.3 is 0 Å². The number of anilines is 1. The highest BCUT2D eigenvalue weighted by molar-refractivity contribution is 7.09. The molecule has 0 spiro atoms. The Morgan fingerprint density at radius 3 is 2.73 bits per heavy atom. The molecule has 0 saturated heterocycles. The van der Waals surface area contributed by atoms with E-state index in [0.29, 0.717) is 11.4 Å². The van der Waals surface area contributed by atoms with Crippen molar-refractivity contribution in [3.63, 3.8) is 0 Å². The normalized spacial score (nSPS) is 10.3. The lowest BCUT2D eigenvalue weighted by Gasteiger charge is -2.05. The van der Waals surface area contributed by atoms with E-state index in [0.717, 1.165) is 16.3 Å². The van der Waals surface area contributed by atoms with Crippen LogP contribution in [0.3, 0.4) is 0 Å². The molecule has 0 aliphatic carbocycles. The Morgan fingerprint density at radius 2 is 2.20 bits per heavy atom. The number of nitrogens with two attached hydrogens (primary N) is 1. The van der Waals surface area contributed by atoms with Crippen molar-refractivity contribution >= 4 is 17.0 Å². The molecule has 0 bridgehead atoms. The summed E-state index contributed by atoms with van der Waals surface area (Å²) in [6.45, 7) is 1.99. The minimum Gasteiger partial charge on any atom is -0.495 e. The Labute approximate surface area is 92.5 Å². The standard InChI is InChI=1S/C11H12N2OS/c1-7-13-10(6-15-7)8-3-4-11(14-2)9(12)5-8/h3-6H,12H2,1-2H3. The maximum atomic E-state index is 5.83. The molecule has 1 aromatic heterocycles. The number of benzene rings is 1. The second-order valence-electron chi connectivity index (χ2n) is 3.21. The number of hydrogen-bond donors (Lipinski definition) is 1. The molecular formula is C11H12N2OS. The number of thiazole rings is 1. The Bertz CT molecular complexity index is 479. The molecule has 0 aliphatic rings. The molecule has 2 rings (SSSR count). The Hall–Kier alpha value is -1.55. The van der Waals surface area contributed by atoms with E-state index in [4.69, 9.17) is 10.5 Å². The third-order valence-electron chi connectivity index (χ3n) is 2.14. The van der Waals surface area contributed by atoms with E-state index >= 15 is 0 Å². The van der Waals surface area contributed by atoms with E-state index < -0.39 is 0 Å². The number of aromatic nitrogens is 1. The topological polar surface area (TPSA) is 48.1 Å². The third-order valence-corrected chi connectivity index (χ3v) is 2.92. The quantitative estimate of drug-likeness (QED) is 0.791. The molecule has 0 unspecified atom stereocenters. The number of hydrogen-bond acceptors (Lipinski definition) is 4. The summed E-state index contributed by atoms with van der Waals surface area (Å²) in [5, 5.41) is 3.08. The van der Waals surface area contributed by atoms with Crippen LogP contribution in [0.4, 0.5) is 5.69 Å². The molecule has 0 amide bonds. The van der Waals surface area contributed by atoms with E-state index in [1.54, 1.807) is 18.4 Å². The van der Waals surface area contributed by atoms with Crippen molar-refractivity contribution in [3.8, 4) is 17.0 Å². The van der Waals surface area contributed by atoms with Crippen LogP contribution in [0.2, 0.25) is 0 Å². The summed E-state index contributed by atoms with van der Waals surface area (Å²) in [6.07, 6.45) is 0. The molecule has 1 heterocycles. The van der Waals surface area contributed by atoms with Gasteiger partial charge in [0.05, 0.1) is 23.5 Å². The SMILES string of the molecule is COc1ccc(-c2csc(C)n2)cc1N. The number of nitrogens with zero attached hydrogens (tertiary/aromatic N) is 1. The second-order valence-corrected chi connectivity index (χ2v) is 4.27. The van der Waals surface area contributed by atoms with Crippen molar-refractivity contribution in [1.82, 2.24) is 4.98 Å². The van der Waals surface area contributed by atoms with Crippen LogP contribution in [0, 0.1) is 6.92 Å². The zero-order valence-corrected chi connectivity index (χ0v) is 9.47. The molecule has 0 aliphatic heterocycles. The molecule has 2 N–H and O–H groups in total. The monoisotopic (exact) mass is 220 g/mol. The first-order valence-corrected chi connectivity index (χ1v) is 5.44. The summed E-state index contributed by atoms with van der Waals surface area (Å²) in [4.78, 5) is 4.40. The van der Waals surface area contributed by atoms with Gasteiger partial charge in [0.2, 0.25) is 0 Å². The number of nitrogen functional groups attached to an aromatic ring is 1. The van der Waals surface area contributed by atoms with Crippen LogP contribution in [0.15, 0.2) is 23.6 Å². The van der Waals surface area contributed by atoms with Gasteiger partial charge in [-0.15, -0.1) is 11.3 Å². The van der Waals surface area contributed by atoms with Crippen molar-refractivity contribution in [3.05, 3.63) is 28.6 Å². The van der Waals surface area contributed by atoms with Gasteiger partial charge in [-0.25, -0.2) is 4.98 Å². The average Bonchev–Trinajstić information content (AvgIpc) is 2.65. The molecule has 3 nitrogen and oxygen atoms in total. The molecule has 78 valence electrons. The lowest BCUT2D eigenvalue weighted by Crippen LogP contribution is -1.92. The summed E-state index contributed by atoms with van der Waals surface area (Å²) < 4.78 is 5.10. The summed E-state index contributed by atoms with van der Waals surface area (Å²) in [7, 11) is 1.61. The zero-order chi connectivity index (χ0) is 10.8. The minimum absolute atomic E-state index is 0.639. The van der Waals surface area contributed by atoms with Crippen LogP contribution in [0.25, 0.3) is 11.3 Å². The van der Waals surface area contributed by atoms with Crippen molar-refractivity contribution in [2.75, 3.05) is 12.8 Å². The largest absolute Gasteiger partial charge is 0.495 e. The van der Waals surface area contributed by atoms with Crippen molar-refractivity contribution in [1.29, 1.82) is 0 Å². The first kappa shape index (κ1) is 9.98. The van der Waals surface area contributed by atoms with E-state index in [2.05, 4.69) is 4.98 Å². The van der Waals surface area contributed by atoms with Crippen LogP contribution in [0.1, 0.15) is 5.01 Å². The molecule has 4 heteroatoms. The lowest BCUT2D eigenvalue weighted by atomic mass is 10.1. The first-order chi connectivity index (χ1) is 7.20. The van der Waals surface area contributed by atoms with E-state index in [9.17, 15) is 0 Å². The molecule has 2 aromatic rings. The summed E-state index contributed by atoms with van der Waals surface area (Å²) in [5.41, 5.74) is 8.46. The van der Waals surface area contributed by atoms with E-state index in [-0.39, 0.29) is 0 Å². The van der Waals surface area contributed by atoms with Crippen LogP contribution >= 0.6 is 11.3 Å². The van der Waals surface area contributed by atoms with Crippen LogP contribution < -0.4 is 10.5 Å². The molecule has 0 radical (unpaired) electrons. The fraction of sp³-hybridized carbons (Fsp3) is 0.182. The first-order valence-electron chi connectivity index (χ1n) is 4.56. The predicted octanol–water partition coefficient (Wildman–Crippen LogP) is 2.71. The highest BCUT2D eigenvalue weighted by Gasteiger charge is 2.05. The van der Waals surface area contributed by atoms with Crippen LogP contribution in [-0.2, 0) is 0 Å². The predicted molar refractivity (Wildman–Crippen MR) is 63.3 cm³/mol. The van der Waals surface area contributed by atoms with Gasteiger partial charge in [-0.2, -0.15) is 0 Å². The average molecular weight is 220 g/mol. The van der Waals surface area contributed by atoms with Gasteiger partial charge in [-0.3, -0.25) is 0 Å². The second kappa shape index (κ2) is 3.90. The number of methoxy groups -OCH3 is 1.